The number of carbonyl (C=O) groups is 1. The van der Waals surface area contributed by atoms with E-state index in [0.29, 0.717) is 13.0 Å². The molecule has 0 aromatic heterocycles. The summed E-state index contributed by atoms with van der Waals surface area (Å²) < 4.78 is 10.8. The molecule has 0 amide bonds. The Labute approximate surface area is 136 Å². The topological polar surface area (TPSA) is 55.8 Å². The SMILES string of the molecule is CCOc1ccccc1CC(C(=O)O)c1ccc(OC)c(C)c1. The van der Waals surface area contributed by atoms with Gasteiger partial charge in [-0.3, -0.25) is 4.79 Å². The van der Waals surface area contributed by atoms with E-state index in [1.165, 1.54) is 0 Å². The van der Waals surface area contributed by atoms with Crippen LogP contribution in [-0.4, -0.2) is 24.8 Å². The Morgan fingerprint density at radius 3 is 2.52 bits per heavy atom. The number of carboxylic acid groups (broad SMARTS) is 1. The van der Waals surface area contributed by atoms with Crippen LogP contribution in [0.25, 0.3) is 0 Å². The van der Waals surface area contributed by atoms with Crippen molar-refractivity contribution in [3.05, 3.63) is 59.2 Å². The minimum atomic E-state index is -0.846. The van der Waals surface area contributed by atoms with Crippen LogP contribution < -0.4 is 9.47 Å². The number of methoxy groups -OCH3 is 1. The molecule has 23 heavy (non-hydrogen) atoms. The molecule has 0 aliphatic heterocycles. The molecule has 4 nitrogen and oxygen atoms in total. The Morgan fingerprint density at radius 2 is 1.91 bits per heavy atom. The maximum atomic E-state index is 11.8. The predicted molar refractivity (Wildman–Crippen MR) is 89.4 cm³/mol. The number of carboxylic acids is 1. The van der Waals surface area contributed by atoms with Crippen molar-refractivity contribution in [2.75, 3.05) is 13.7 Å². The maximum Gasteiger partial charge on any atom is 0.311 e. The highest BCUT2D eigenvalue weighted by molar-refractivity contribution is 5.77. The molecule has 2 aromatic carbocycles. The van der Waals surface area contributed by atoms with Crippen molar-refractivity contribution in [3.8, 4) is 11.5 Å². The Hall–Kier alpha value is -2.49. The van der Waals surface area contributed by atoms with E-state index in [1.807, 2.05) is 56.3 Å². The number of rotatable bonds is 7. The molecule has 0 aliphatic rings. The third-order valence-corrected chi connectivity index (χ3v) is 3.82. The van der Waals surface area contributed by atoms with E-state index in [0.717, 1.165) is 28.2 Å². The van der Waals surface area contributed by atoms with Crippen LogP contribution in [0.15, 0.2) is 42.5 Å². The molecule has 0 bridgehead atoms. The molecule has 4 heteroatoms. The van der Waals surface area contributed by atoms with Crippen molar-refractivity contribution >= 4 is 5.97 Å². The summed E-state index contributed by atoms with van der Waals surface area (Å²) in [5, 5.41) is 9.65. The summed E-state index contributed by atoms with van der Waals surface area (Å²) in [5.74, 6) is 0.0289. The second kappa shape index (κ2) is 7.68. The van der Waals surface area contributed by atoms with Crippen LogP contribution in [0.5, 0.6) is 11.5 Å². The number of benzene rings is 2. The first-order valence-electron chi connectivity index (χ1n) is 7.64. The minimum Gasteiger partial charge on any atom is -0.496 e. The molecule has 0 saturated carbocycles. The van der Waals surface area contributed by atoms with E-state index in [1.54, 1.807) is 7.11 Å². The highest BCUT2D eigenvalue weighted by Crippen LogP contribution is 2.29. The van der Waals surface area contributed by atoms with Gasteiger partial charge in [0.25, 0.3) is 0 Å². The van der Waals surface area contributed by atoms with Crippen molar-refractivity contribution in [1.82, 2.24) is 0 Å². The lowest BCUT2D eigenvalue weighted by Crippen LogP contribution is -2.15. The number of hydrogen-bond acceptors (Lipinski definition) is 3. The summed E-state index contributed by atoms with van der Waals surface area (Å²) in [7, 11) is 1.61. The molecular formula is C19H22O4. The normalized spacial score (nSPS) is 11.8. The second-order valence-corrected chi connectivity index (χ2v) is 5.36. The molecule has 2 rings (SSSR count). The molecule has 1 atom stereocenters. The van der Waals surface area contributed by atoms with Crippen molar-refractivity contribution in [3.63, 3.8) is 0 Å². The van der Waals surface area contributed by atoms with Gasteiger partial charge in [0.1, 0.15) is 11.5 Å². The van der Waals surface area contributed by atoms with E-state index >= 15 is 0 Å². The van der Waals surface area contributed by atoms with Gasteiger partial charge in [0.15, 0.2) is 0 Å². The summed E-state index contributed by atoms with van der Waals surface area (Å²) >= 11 is 0. The van der Waals surface area contributed by atoms with Crippen molar-refractivity contribution in [1.29, 1.82) is 0 Å². The van der Waals surface area contributed by atoms with Crippen LogP contribution in [0.4, 0.5) is 0 Å². The lowest BCUT2D eigenvalue weighted by Gasteiger charge is -2.17. The lowest BCUT2D eigenvalue weighted by atomic mass is 9.90. The first kappa shape index (κ1) is 16.9. The van der Waals surface area contributed by atoms with Gasteiger partial charge in [-0.2, -0.15) is 0 Å². The average Bonchev–Trinajstić information content (AvgIpc) is 2.54. The first-order valence-corrected chi connectivity index (χ1v) is 7.64. The third-order valence-electron chi connectivity index (χ3n) is 3.82. The zero-order valence-corrected chi connectivity index (χ0v) is 13.7. The fourth-order valence-electron chi connectivity index (χ4n) is 2.65. The van der Waals surface area contributed by atoms with Crippen LogP contribution in [0.3, 0.4) is 0 Å². The number of ether oxygens (including phenoxy) is 2. The zero-order valence-electron chi connectivity index (χ0n) is 13.7. The summed E-state index contributed by atoms with van der Waals surface area (Å²) in [6, 6.07) is 13.1. The molecule has 2 aromatic rings. The molecule has 1 unspecified atom stereocenters. The van der Waals surface area contributed by atoms with Gasteiger partial charge in [-0.1, -0.05) is 30.3 Å². The third kappa shape index (κ3) is 4.03. The zero-order chi connectivity index (χ0) is 16.8. The lowest BCUT2D eigenvalue weighted by molar-refractivity contribution is -0.138. The van der Waals surface area contributed by atoms with Gasteiger partial charge in [0.2, 0.25) is 0 Å². The summed E-state index contributed by atoms with van der Waals surface area (Å²) in [6.07, 6.45) is 0.386. The van der Waals surface area contributed by atoms with Crippen molar-refractivity contribution in [2.45, 2.75) is 26.2 Å². The number of para-hydroxylation sites is 1. The smallest absolute Gasteiger partial charge is 0.311 e. The molecule has 0 fully saturated rings. The fraction of sp³-hybridized carbons (Fsp3) is 0.316. The quantitative estimate of drug-likeness (QED) is 0.844. The Bertz CT molecular complexity index is 679. The van der Waals surface area contributed by atoms with Gasteiger partial charge in [0.05, 0.1) is 19.6 Å². The van der Waals surface area contributed by atoms with Crippen LogP contribution in [0.1, 0.15) is 29.5 Å². The standard InChI is InChI=1S/C19H22O4/c1-4-23-18-8-6-5-7-15(18)12-16(19(20)21)14-9-10-17(22-3)13(2)11-14/h5-11,16H,4,12H2,1-3H3,(H,20,21). The van der Waals surface area contributed by atoms with Crippen LogP contribution in [-0.2, 0) is 11.2 Å². The van der Waals surface area contributed by atoms with Gasteiger partial charge < -0.3 is 14.6 Å². The predicted octanol–water partition coefficient (Wildman–Crippen LogP) is 3.81. The van der Waals surface area contributed by atoms with Gasteiger partial charge in [0, 0.05) is 0 Å². The minimum absolute atomic E-state index is 0.386. The Kier molecular flexibility index (Phi) is 5.63. The molecule has 0 heterocycles. The molecule has 122 valence electrons. The van der Waals surface area contributed by atoms with E-state index < -0.39 is 11.9 Å². The molecule has 0 aliphatic carbocycles. The van der Waals surface area contributed by atoms with E-state index in [9.17, 15) is 9.90 Å². The van der Waals surface area contributed by atoms with Crippen molar-refractivity contribution < 1.29 is 19.4 Å². The monoisotopic (exact) mass is 314 g/mol. The fourth-order valence-corrected chi connectivity index (χ4v) is 2.65. The van der Waals surface area contributed by atoms with Gasteiger partial charge in [-0.05, 0) is 49.1 Å². The summed E-state index contributed by atoms with van der Waals surface area (Å²) in [6.45, 7) is 4.38. The van der Waals surface area contributed by atoms with E-state index in [4.69, 9.17) is 9.47 Å². The average molecular weight is 314 g/mol. The molecule has 0 spiro atoms. The van der Waals surface area contributed by atoms with Crippen LogP contribution in [0, 0.1) is 6.92 Å². The Balaban J connectivity index is 2.33. The van der Waals surface area contributed by atoms with Gasteiger partial charge in [-0.25, -0.2) is 0 Å². The Morgan fingerprint density at radius 1 is 1.17 bits per heavy atom. The van der Waals surface area contributed by atoms with E-state index in [2.05, 4.69) is 0 Å². The van der Waals surface area contributed by atoms with Gasteiger partial charge >= 0.3 is 5.97 Å². The van der Waals surface area contributed by atoms with Crippen LogP contribution >= 0.6 is 0 Å². The number of aliphatic carboxylic acids is 1. The number of hydrogen-bond donors (Lipinski definition) is 1. The molecular weight excluding hydrogens is 292 g/mol. The highest BCUT2D eigenvalue weighted by Gasteiger charge is 2.22. The van der Waals surface area contributed by atoms with Crippen molar-refractivity contribution in [2.24, 2.45) is 0 Å². The summed E-state index contributed by atoms with van der Waals surface area (Å²) in [4.78, 5) is 11.8. The molecule has 0 saturated heterocycles. The highest BCUT2D eigenvalue weighted by atomic mass is 16.5. The molecule has 1 N–H and O–H groups in total. The maximum absolute atomic E-state index is 11.8. The first-order chi connectivity index (χ1) is 11.1. The van der Waals surface area contributed by atoms with Crippen LogP contribution in [0.2, 0.25) is 0 Å². The molecule has 0 radical (unpaired) electrons. The van der Waals surface area contributed by atoms with E-state index in [-0.39, 0.29) is 0 Å². The number of aryl methyl sites for hydroxylation is 1. The van der Waals surface area contributed by atoms with Gasteiger partial charge in [-0.15, -0.1) is 0 Å². The largest absolute Gasteiger partial charge is 0.496 e. The summed E-state index contributed by atoms with van der Waals surface area (Å²) in [5.41, 5.74) is 2.59. The second-order valence-electron chi connectivity index (χ2n) is 5.36.